The molecule has 0 fully saturated rings. The van der Waals surface area contributed by atoms with Crippen molar-refractivity contribution in [2.45, 2.75) is 12.5 Å². The number of carboxylic acid groups (broad SMARTS) is 1. The molecule has 200 valence electrons. The maximum absolute atomic E-state index is 14.0. The van der Waals surface area contributed by atoms with E-state index in [1.54, 1.807) is 66.7 Å². The molecule has 0 aromatic heterocycles. The van der Waals surface area contributed by atoms with Gasteiger partial charge in [-0.1, -0.05) is 54.6 Å². The SMILES string of the molecule is O=C(O)[C@H](Cc1ccccc1)N(CCN1C(=O)c2ccccc2C1=O)C(=O)c1cccc2cc([N+](=O)[O-])ccc12. The summed E-state index contributed by atoms with van der Waals surface area (Å²) in [5.41, 5.74) is 1.18. The molecule has 0 saturated heterocycles. The molecule has 0 radical (unpaired) electrons. The largest absolute Gasteiger partial charge is 0.480 e. The van der Waals surface area contributed by atoms with Crippen LogP contribution in [-0.4, -0.2) is 62.7 Å². The van der Waals surface area contributed by atoms with Crippen LogP contribution in [0, 0.1) is 10.1 Å². The van der Waals surface area contributed by atoms with Gasteiger partial charge in [0.15, 0.2) is 0 Å². The molecule has 0 unspecified atom stereocenters. The van der Waals surface area contributed by atoms with Gasteiger partial charge in [-0.05, 0) is 40.6 Å². The van der Waals surface area contributed by atoms with Crippen LogP contribution in [-0.2, 0) is 11.2 Å². The number of amides is 3. The molecule has 1 aliphatic heterocycles. The van der Waals surface area contributed by atoms with Crippen molar-refractivity contribution in [3.8, 4) is 0 Å². The van der Waals surface area contributed by atoms with Crippen LogP contribution in [0.1, 0.15) is 36.6 Å². The first kappa shape index (κ1) is 26.2. The van der Waals surface area contributed by atoms with Crippen LogP contribution < -0.4 is 0 Å². The minimum Gasteiger partial charge on any atom is -0.480 e. The van der Waals surface area contributed by atoms with Crippen LogP contribution in [0.15, 0.2) is 91.0 Å². The first-order valence-electron chi connectivity index (χ1n) is 12.5. The van der Waals surface area contributed by atoms with E-state index in [2.05, 4.69) is 0 Å². The van der Waals surface area contributed by atoms with E-state index in [-0.39, 0.29) is 41.9 Å². The van der Waals surface area contributed by atoms with E-state index in [1.165, 1.54) is 24.3 Å². The predicted molar refractivity (Wildman–Crippen MR) is 145 cm³/mol. The van der Waals surface area contributed by atoms with Crippen LogP contribution in [0.2, 0.25) is 0 Å². The molecule has 1 heterocycles. The van der Waals surface area contributed by atoms with E-state index >= 15 is 0 Å². The fraction of sp³-hybridized carbons (Fsp3) is 0.133. The average Bonchev–Trinajstić information content (AvgIpc) is 3.21. The number of nitrogens with zero attached hydrogens (tertiary/aromatic N) is 3. The van der Waals surface area contributed by atoms with Gasteiger partial charge in [0, 0.05) is 37.2 Å². The number of carbonyl (C=O) groups is 4. The smallest absolute Gasteiger partial charge is 0.326 e. The van der Waals surface area contributed by atoms with Crippen molar-refractivity contribution in [3.63, 3.8) is 0 Å². The van der Waals surface area contributed by atoms with E-state index in [1.807, 2.05) is 0 Å². The molecule has 1 aliphatic rings. The quantitative estimate of drug-likeness (QED) is 0.192. The van der Waals surface area contributed by atoms with Gasteiger partial charge < -0.3 is 10.0 Å². The lowest BCUT2D eigenvalue weighted by atomic mass is 10.00. The highest BCUT2D eigenvalue weighted by atomic mass is 16.6. The summed E-state index contributed by atoms with van der Waals surface area (Å²) in [4.78, 5) is 65.4. The molecule has 4 aromatic rings. The Morgan fingerprint density at radius 3 is 2.15 bits per heavy atom. The van der Waals surface area contributed by atoms with Gasteiger partial charge in [0.2, 0.25) is 0 Å². The number of carbonyl (C=O) groups excluding carboxylic acids is 3. The summed E-state index contributed by atoms with van der Waals surface area (Å²) in [6.45, 7) is -0.454. The Hall–Kier alpha value is -5.38. The standard InChI is InChI=1S/C30H23N3O7/c34-27(23-12-6-9-20-18-21(33(39)40)13-14-22(20)23)31(26(30(37)38)17-19-7-2-1-3-8-19)15-16-32-28(35)24-10-4-5-11-25(24)29(32)36/h1-14,18,26H,15-17H2,(H,37,38)/t26-/m0/s1. The molecule has 5 rings (SSSR count). The van der Waals surface area contributed by atoms with E-state index in [4.69, 9.17) is 0 Å². The Bertz CT molecular complexity index is 1630. The summed E-state index contributed by atoms with van der Waals surface area (Å²) in [6.07, 6.45) is -0.0136. The van der Waals surface area contributed by atoms with Gasteiger partial charge in [-0.15, -0.1) is 0 Å². The number of benzene rings is 4. The third-order valence-electron chi connectivity index (χ3n) is 6.94. The van der Waals surface area contributed by atoms with E-state index in [0.29, 0.717) is 16.3 Å². The summed E-state index contributed by atoms with van der Waals surface area (Å²) in [7, 11) is 0. The Kier molecular flexibility index (Phi) is 7.07. The number of carboxylic acids is 1. The summed E-state index contributed by atoms with van der Waals surface area (Å²) >= 11 is 0. The zero-order chi connectivity index (χ0) is 28.4. The maximum Gasteiger partial charge on any atom is 0.326 e. The monoisotopic (exact) mass is 537 g/mol. The third-order valence-corrected chi connectivity index (χ3v) is 6.94. The number of nitro benzene ring substituents is 1. The Morgan fingerprint density at radius 2 is 1.52 bits per heavy atom. The van der Waals surface area contributed by atoms with Crippen LogP contribution in [0.5, 0.6) is 0 Å². The highest BCUT2D eigenvalue weighted by molar-refractivity contribution is 6.21. The number of hydrogen-bond donors (Lipinski definition) is 1. The lowest BCUT2D eigenvalue weighted by Crippen LogP contribution is -2.50. The van der Waals surface area contributed by atoms with E-state index in [0.717, 1.165) is 9.80 Å². The topological polar surface area (TPSA) is 138 Å². The van der Waals surface area contributed by atoms with Gasteiger partial charge in [-0.25, -0.2) is 4.79 Å². The molecule has 10 nitrogen and oxygen atoms in total. The number of hydrogen-bond acceptors (Lipinski definition) is 6. The second-order valence-electron chi connectivity index (χ2n) is 9.32. The summed E-state index contributed by atoms with van der Waals surface area (Å²) in [5.74, 6) is -2.92. The molecule has 4 aromatic carbocycles. The molecule has 1 N–H and O–H groups in total. The Labute approximate surface area is 228 Å². The molecule has 0 spiro atoms. The molecule has 0 saturated carbocycles. The first-order chi connectivity index (χ1) is 19.3. The van der Waals surface area contributed by atoms with Crippen molar-refractivity contribution >= 4 is 40.2 Å². The molecule has 10 heteroatoms. The molecule has 3 amide bonds. The van der Waals surface area contributed by atoms with Crippen LogP contribution in [0.4, 0.5) is 5.69 Å². The number of aliphatic carboxylic acids is 1. The maximum atomic E-state index is 14.0. The van der Waals surface area contributed by atoms with Crippen molar-refractivity contribution in [1.29, 1.82) is 0 Å². The van der Waals surface area contributed by atoms with Crippen molar-refractivity contribution in [3.05, 3.63) is 123 Å². The lowest BCUT2D eigenvalue weighted by molar-refractivity contribution is -0.384. The molecular weight excluding hydrogens is 514 g/mol. The van der Waals surface area contributed by atoms with Gasteiger partial charge in [0.25, 0.3) is 23.4 Å². The van der Waals surface area contributed by atoms with Crippen molar-refractivity contribution in [2.24, 2.45) is 0 Å². The summed E-state index contributed by atoms with van der Waals surface area (Å²) in [6, 6.07) is 22.7. The number of non-ortho nitro benzene ring substituents is 1. The molecule has 0 bridgehead atoms. The van der Waals surface area contributed by atoms with Crippen LogP contribution in [0.25, 0.3) is 10.8 Å². The third kappa shape index (κ3) is 4.90. The van der Waals surface area contributed by atoms with Gasteiger partial charge in [0.05, 0.1) is 16.1 Å². The normalized spacial score (nSPS) is 13.2. The van der Waals surface area contributed by atoms with Crippen LogP contribution in [0.3, 0.4) is 0 Å². The average molecular weight is 538 g/mol. The van der Waals surface area contributed by atoms with E-state index in [9.17, 15) is 34.4 Å². The molecule has 1 atom stereocenters. The fourth-order valence-electron chi connectivity index (χ4n) is 4.94. The summed E-state index contributed by atoms with van der Waals surface area (Å²) in [5, 5.41) is 22.3. The van der Waals surface area contributed by atoms with Gasteiger partial charge in [-0.2, -0.15) is 0 Å². The lowest BCUT2D eigenvalue weighted by Gasteiger charge is -2.31. The van der Waals surface area contributed by atoms with Crippen LogP contribution >= 0.6 is 0 Å². The van der Waals surface area contributed by atoms with E-state index < -0.39 is 34.7 Å². The second-order valence-corrected chi connectivity index (χ2v) is 9.32. The fourth-order valence-corrected chi connectivity index (χ4v) is 4.94. The minimum atomic E-state index is -1.32. The number of imide groups is 1. The van der Waals surface area contributed by atoms with Gasteiger partial charge in [-0.3, -0.25) is 29.4 Å². The van der Waals surface area contributed by atoms with Gasteiger partial charge in [0.1, 0.15) is 6.04 Å². The first-order valence-corrected chi connectivity index (χ1v) is 12.5. The number of rotatable bonds is 9. The van der Waals surface area contributed by atoms with Crippen molar-refractivity contribution in [2.75, 3.05) is 13.1 Å². The summed E-state index contributed by atoms with van der Waals surface area (Å²) < 4.78 is 0. The van der Waals surface area contributed by atoms with Gasteiger partial charge >= 0.3 is 5.97 Å². The Balaban J connectivity index is 1.52. The number of fused-ring (bicyclic) bond motifs is 2. The number of nitro groups is 1. The Morgan fingerprint density at radius 1 is 0.875 bits per heavy atom. The second kappa shape index (κ2) is 10.8. The zero-order valence-electron chi connectivity index (χ0n) is 21.1. The zero-order valence-corrected chi connectivity index (χ0v) is 21.1. The molecule has 0 aliphatic carbocycles. The molecular formula is C30H23N3O7. The highest BCUT2D eigenvalue weighted by Crippen LogP contribution is 2.27. The van der Waals surface area contributed by atoms with Crippen molar-refractivity contribution < 1.29 is 29.2 Å². The molecule has 40 heavy (non-hydrogen) atoms. The minimum absolute atomic E-state index is 0.0136. The van der Waals surface area contributed by atoms with Crippen molar-refractivity contribution in [1.82, 2.24) is 9.80 Å². The predicted octanol–water partition coefficient (Wildman–Crippen LogP) is 4.18. The highest BCUT2D eigenvalue weighted by Gasteiger charge is 2.37.